The molecule has 0 bridgehead atoms. The molecule has 0 radical (unpaired) electrons. The van der Waals surface area contributed by atoms with E-state index in [9.17, 15) is 0 Å². The molecule has 27 heavy (non-hydrogen) atoms. The fourth-order valence-electron chi connectivity index (χ4n) is 3.34. The normalized spacial score (nSPS) is 14.8. The molecule has 1 fully saturated rings. The molecule has 140 valence electrons. The third-order valence-electron chi connectivity index (χ3n) is 4.69. The van der Waals surface area contributed by atoms with E-state index in [0.717, 1.165) is 48.6 Å². The van der Waals surface area contributed by atoms with Gasteiger partial charge in [-0.1, -0.05) is 0 Å². The van der Waals surface area contributed by atoms with Gasteiger partial charge in [-0.15, -0.1) is 0 Å². The van der Waals surface area contributed by atoms with Crippen LogP contribution in [0.5, 0.6) is 5.88 Å². The zero-order chi connectivity index (χ0) is 18.8. The number of rotatable bonds is 4. The zero-order valence-electron chi connectivity index (χ0n) is 16.0. The molecule has 0 amide bonds. The summed E-state index contributed by atoms with van der Waals surface area (Å²) in [5.41, 5.74) is 3.07. The number of anilines is 2. The predicted octanol–water partition coefficient (Wildman–Crippen LogP) is 2.84. The average Bonchev–Trinajstić information content (AvgIpc) is 2.68. The number of nitrogens with zero attached hydrogens (tertiary/aromatic N) is 6. The standard InChI is InChI=1S/C20H24N6O/c1-14(2)27-20-17-11-16(4-5-18(17)22-13-24-20)25-6-8-26(9-7-25)19-10-15(3)21-12-23-19/h4-5,10-14H,6-9H2,1-3H3. The van der Waals surface area contributed by atoms with Gasteiger partial charge in [0.1, 0.15) is 18.5 Å². The van der Waals surface area contributed by atoms with Crippen LogP contribution in [0.25, 0.3) is 10.9 Å². The van der Waals surface area contributed by atoms with E-state index in [4.69, 9.17) is 4.74 Å². The van der Waals surface area contributed by atoms with Crippen molar-refractivity contribution in [2.45, 2.75) is 26.9 Å². The van der Waals surface area contributed by atoms with Crippen molar-refractivity contribution in [1.29, 1.82) is 0 Å². The molecule has 0 saturated carbocycles. The maximum absolute atomic E-state index is 5.86. The van der Waals surface area contributed by atoms with Gasteiger partial charge in [-0.25, -0.2) is 19.9 Å². The minimum absolute atomic E-state index is 0.0756. The Hall–Kier alpha value is -2.96. The smallest absolute Gasteiger partial charge is 0.224 e. The van der Waals surface area contributed by atoms with Crippen molar-refractivity contribution in [1.82, 2.24) is 19.9 Å². The van der Waals surface area contributed by atoms with Crippen LogP contribution in [0.3, 0.4) is 0 Å². The molecule has 1 aliphatic rings. The second-order valence-corrected chi connectivity index (χ2v) is 7.04. The molecule has 7 heteroatoms. The molecule has 0 aliphatic carbocycles. The van der Waals surface area contributed by atoms with E-state index in [1.807, 2.05) is 32.9 Å². The fourth-order valence-corrected chi connectivity index (χ4v) is 3.34. The van der Waals surface area contributed by atoms with Crippen molar-refractivity contribution >= 4 is 22.4 Å². The molecule has 2 aromatic heterocycles. The summed E-state index contributed by atoms with van der Waals surface area (Å²) in [6.45, 7) is 9.72. The Morgan fingerprint density at radius 2 is 1.63 bits per heavy atom. The lowest BCUT2D eigenvalue weighted by molar-refractivity contribution is 0.235. The van der Waals surface area contributed by atoms with Crippen molar-refractivity contribution in [3.05, 3.63) is 42.6 Å². The highest BCUT2D eigenvalue weighted by molar-refractivity contribution is 5.86. The lowest BCUT2D eigenvalue weighted by Gasteiger charge is -2.36. The van der Waals surface area contributed by atoms with Gasteiger partial charge in [-0.05, 0) is 39.0 Å². The van der Waals surface area contributed by atoms with Crippen LogP contribution in [0, 0.1) is 6.92 Å². The summed E-state index contributed by atoms with van der Waals surface area (Å²) in [7, 11) is 0. The predicted molar refractivity (Wildman–Crippen MR) is 106 cm³/mol. The van der Waals surface area contributed by atoms with Crippen LogP contribution in [-0.2, 0) is 0 Å². The topological polar surface area (TPSA) is 67.3 Å². The Morgan fingerprint density at radius 3 is 2.37 bits per heavy atom. The fraction of sp³-hybridized carbons (Fsp3) is 0.400. The van der Waals surface area contributed by atoms with Gasteiger partial charge in [0.05, 0.1) is 17.0 Å². The van der Waals surface area contributed by atoms with Gasteiger partial charge >= 0.3 is 0 Å². The van der Waals surface area contributed by atoms with Gasteiger partial charge in [0.15, 0.2) is 0 Å². The second-order valence-electron chi connectivity index (χ2n) is 7.04. The van der Waals surface area contributed by atoms with E-state index in [0.29, 0.717) is 5.88 Å². The van der Waals surface area contributed by atoms with Crippen molar-refractivity contribution in [2.75, 3.05) is 36.0 Å². The first-order valence-electron chi connectivity index (χ1n) is 9.30. The molecular weight excluding hydrogens is 340 g/mol. The maximum Gasteiger partial charge on any atom is 0.224 e. The molecule has 7 nitrogen and oxygen atoms in total. The summed E-state index contributed by atoms with van der Waals surface area (Å²) < 4.78 is 5.86. The summed E-state index contributed by atoms with van der Waals surface area (Å²) in [5, 5.41) is 0.956. The van der Waals surface area contributed by atoms with E-state index in [1.165, 1.54) is 5.69 Å². The molecule has 0 atom stereocenters. The lowest BCUT2D eigenvalue weighted by Crippen LogP contribution is -2.46. The molecule has 3 aromatic rings. The van der Waals surface area contributed by atoms with E-state index < -0.39 is 0 Å². The van der Waals surface area contributed by atoms with E-state index in [2.05, 4.69) is 41.9 Å². The van der Waals surface area contributed by atoms with Crippen LogP contribution in [0.1, 0.15) is 19.5 Å². The van der Waals surface area contributed by atoms with Crippen molar-refractivity contribution in [3.8, 4) is 5.88 Å². The Bertz CT molecular complexity index is 937. The highest BCUT2D eigenvalue weighted by Gasteiger charge is 2.19. The molecule has 3 heterocycles. The monoisotopic (exact) mass is 364 g/mol. The van der Waals surface area contributed by atoms with Crippen molar-refractivity contribution in [2.24, 2.45) is 0 Å². The summed E-state index contributed by atoms with van der Waals surface area (Å²) in [6, 6.07) is 8.34. The zero-order valence-corrected chi connectivity index (χ0v) is 16.0. The largest absolute Gasteiger partial charge is 0.474 e. The highest BCUT2D eigenvalue weighted by Crippen LogP contribution is 2.28. The molecular formula is C20H24N6O. The number of hydrogen-bond acceptors (Lipinski definition) is 7. The van der Waals surface area contributed by atoms with E-state index in [-0.39, 0.29) is 6.10 Å². The van der Waals surface area contributed by atoms with Gasteiger partial charge in [0.2, 0.25) is 5.88 Å². The Morgan fingerprint density at radius 1 is 0.889 bits per heavy atom. The number of aromatic nitrogens is 4. The average molecular weight is 364 g/mol. The number of ether oxygens (including phenoxy) is 1. The molecule has 0 unspecified atom stereocenters. The summed E-state index contributed by atoms with van der Waals surface area (Å²) >= 11 is 0. The Labute approximate surface area is 159 Å². The van der Waals surface area contributed by atoms with Crippen LogP contribution in [0.15, 0.2) is 36.9 Å². The van der Waals surface area contributed by atoms with Crippen molar-refractivity contribution in [3.63, 3.8) is 0 Å². The SMILES string of the molecule is Cc1cc(N2CCN(c3ccc4ncnc(OC(C)C)c4c3)CC2)ncn1. The number of hydrogen-bond donors (Lipinski definition) is 0. The molecule has 0 N–H and O–H groups in total. The third kappa shape index (κ3) is 3.77. The molecule has 1 aromatic carbocycles. The molecule has 1 aliphatic heterocycles. The number of benzene rings is 1. The Kier molecular flexibility index (Phi) is 4.75. The molecule has 1 saturated heterocycles. The molecule has 0 spiro atoms. The van der Waals surface area contributed by atoms with E-state index >= 15 is 0 Å². The maximum atomic E-state index is 5.86. The highest BCUT2D eigenvalue weighted by atomic mass is 16.5. The summed E-state index contributed by atoms with van der Waals surface area (Å²) in [6.07, 6.45) is 3.27. The summed E-state index contributed by atoms with van der Waals surface area (Å²) in [4.78, 5) is 22.0. The van der Waals surface area contributed by atoms with Gasteiger partial charge < -0.3 is 14.5 Å². The van der Waals surface area contributed by atoms with Gasteiger partial charge in [-0.2, -0.15) is 0 Å². The van der Waals surface area contributed by atoms with Crippen LogP contribution >= 0.6 is 0 Å². The van der Waals surface area contributed by atoms with Crippen LogP contribution in [-0.4, -0.2) is 52.2 Å². The third-order valence-corrected chi connectivity index (χ3v) is 4.69. The van der Waals surface area contributed by atoms with Gasteiger partial charge in [0, 0.05) is 43.6 Å². The van der Waals surface area contributed by atoms with Crippen LogP contribution in [0.4, 0.5) is 11.5 Å². The van der Waals surface area contributed by atoms with Gasteiger partial charge in [0.25, 0.3) is 0 Å². The van der Waals surface area contributed by atoms with Crippen molar-refractivity contribution < 1.29 is 4.74 Å². The van der Waals surface area contributed by atoms with Crippen LogP contribution < -0.4 is 14.5 Å². The number of piperazine rings is 1. The number of aryl methyl sites for hydroxylation is 1. The molecule has 4 rings (SSSR count). The minimum atomic E-state index is 0.0756. The number of fused-ring (bicyclic) bond motifs is 1. The summed E-state index contributed by atoms with van der Waals surface area (Å²) in [5.74, 6) is 1.65. The van der Waals surface area contributed by atoms with Crippen LogP contribution in [0.2, 0.25) is 0 Å². The first kappa shape index (κ1) is 17.5. The van der Waals surface area contributed by atoms with Gasteiger partial charge in [-0.3, -0.25) is 0 Å². The first-order valence-corrected chi connectivity index (χ1v) is 9.30. The quantitative estimate of drug-likeness (QED) is 0.705. The second kappa shape index (κ2) is 7.34. The first-order chi connectivity index (χ1) is 13.1. The van der Waals surface area contributed by atoms with E-state index in [1.54, 1.807) is 12.7 Å². The Balaban J connectivity index is 1.53. The lowest BCUT2D eigenvalue weighted by atomic mass is 10.2. The minimum Gasteiger partial charge on any atom is -0.474 e.